The topological polar surface area (TPSA) is 43.2 Å². The summed E-state index contributed by atoms with van der Waals surface area (Å²) in [4.78, 5) is 8.78. The Morgan fingerprint density at radius 1 is 0.962 bits per heavy atom. The molecule has 1 aliphatic heterocycles. The van der Waals surface area contributed by atoms with Crippen molar-refractivity contribution in [1.82, 2.24) is 9.88 Å². The van der Waals surface area contributed by atoms with Crippen LogP contribution in [0.1, 0.15) is 18.4 Å². The van der Waals surface area contributed by atoms with E-state index >= 15 is 0 Å². The summed E-state index contributed by atoms with van der Waals surface area (Å²) in [6, 6.07) is 16.9. The molecule has 1 fully saturated rings. The van der Waals surface area contributed by atoms with E-state index in [-0.39, 0.29) is 0 Å². The summed E-state index contributed by atoms with van der Waals surface area (Å²) in [5, 5.41) is 9.71. The number of nitrogens with zero attached hydrogens (tertiary/aromatic N) is 3. The quantitative estimate of drug-likeness (QED) is 0.566. The maximum atomic E-state index is 8.65. The third-order valence-electron chi connectivity index (χ3n) is 5.14. The number of hydrogen-bond donors (Lipinski definition) is 1. The third kappa shape index (κ3) is 3.03. The van der Waals surface area contributed by atoms with Crippen LogP contribution in [-0.2, 0) is 0 Å². The average molecular weight is 344 g/mol. The SMILES string of the molecule is CN(C)c1ccc(-c2ccc3nccc(C(=N)N4CCCC4)c3c2)cc1. The van der Waals surface area contributed by atoms with Gasteiger partial charge < -0.3 is 9.80 Å². The van der Waals surface area contributed by atoms with Crippen LogP contribution in [0.25, 0.3) is 22.0 Å². The maximum absolute atomic E-state index is 8.65. The molecule has 0 bridgehead atoms. The van der Waals surface area contributed by atoms with Crippen LogP contribution in [-0.4, -0.2) is 42.9 Å². The van der Waals surface area contributed by atoms with Crippen molar-refractivity contribution < 1.29 is 0 Å². The van der Waals surface area contributed by atoms with Crippen molar-refractivity contribution >= 4 is 22.4 Å². The second-order valence-corrected chi connectivity index (χ2v) is 7.07. The molecule has 0 aliphatic carbocycles. The van der Waals surface area contributed by atoms with Crippen LogP contribution in [0.5, 0.6) is 0 Å². The molecule has 0 atom stereocenters. The number of fused-ring (bicyclic) bond motifs is 1. The lowest BCUT2D eigenvalue weighted by Crippen LogP contribution is -2.27. The number of nitrogens with one attached hydrogen (secondary N) is 1. The molecule has 132 valence electrons. The van der Waals surface area contributed by atoms with Gasteiger partial charge in [0.05, 0.1) is 5.52 Å². The van der Waals surface area contributed by atoms with Crippen molar-refractivity contribution in [1.29, 1.82) is 5.41 Å². The van der Waals surface area contributed by atoms with Gasteiger partial charge in [0.25, 0.3) is 0 Å². The van der Waals surface area contributed by atoms with Gasteiger partial charge >= 0.3 is 0 Å². The van der Waals surface area contributed by atoms with E-state index in [1.54, 1.807) is 0 Å². The van der Waals surface area contributed by atoms with E-state index in [4.69, 9.17) is 5.41 Å². The highest BCUT2D eigenvalue weighted by Gasteiger charge is 2.18. The minimum atomic E-state index is 0.620. The van der Waals surface area contributed by atoms with Crippen LogP contribution in [0.3, 0.4) is 0 Å². The maximum Gasteiger partial charge on any atom is 0.128 e. The molecule has 3 aromatic rings. The van der Waals surface area contributed by atoms with E-state index in [2.05, 4.69) is 57.2 Å². The fourth-order valence-corrected chi connectivity index (χ4v) is 3.60. The molecular weight excluding hydrogens is 320 g/mol. The molecule has 0 spiro atoms. The second-order valence-electron chi connectivity index (χ2n) is 7.07. The zero-order chi connectivity index (χ0) is 18.1. The predicted molar refractivity (Wildman–Crippen MR) is 109 cm³/mol. The van der Waals surface area contributed by atoms with Crippen molar-refractivity contribution in [3.63, 3.8) is 0 Å². The Hall–Kier alpha value is -2.88. The highest BCUT2D eigenvalue weighted by atomic mass is 15.2. The van der Waals surface area contributed by atoms with Gasteiger partial charge in [-0.25, -0.2) is 0 Å². The molecule has 0 saturated carbocycles. The molecule has 1 N–H and O–H groups in total. The summed E-state index contributed by atoms with van der Waals surface area (Å²) >= 11 is 0. The van der Waals surface area contributed by atoms with Gasteiger partial charge in [-0.2, -0.15) is 0 Å². The Morgan fingerprint density at radius 3 is 2.35 bits per heavy atom. The van der Waals surface area contributed by atoms with Crippen LogP contribution in [0, 0.1) is 5.41 Å². The number of hydrogen-bond acceptors (Lipinski definition) is 3. The van der Waals surface area contributed by atoms with Gasteiger partial charge in [0.1, 0.15) is 5.84 Å². The fourth-order valence-electron chi connectivity index (χ4n) is 3.60. The summed E-state index contributed by atoms with van der Waals surface area (Å²) in [7, 11) is 4.10. The van der Waals surface area contributed by atoms with Crippen molar-refractivity contribution in [3.8, 4) is 11.1 Å². The van der Waals surface area contributed by atoms with Gasteiger partial charge in [0.15, 0.2) is 0 Å². The smallest absolute Gasteiger partial charge is 0.128 e. The molecule has 4 rings (SSSR count). The number of anilines is 1. The van der Waals surface area contributed by atoms with Gasteiger partial charge in [-0.05, 0) is 54.3 Å². The number of aromatic nitrogens is 1. The summed E-state index contributed by atoms with van der Waals surface area (Å²) in [6.07, 6.45) is 4.16. The van der Waals surface area contributed by atoms with Crippen molar-refractivity contribution in [2.45, 2.75) is 12.8 Å². The molecule has 4 heteroatoms. The van der Waals surface area contributed by atoms with E-state index < -0.39 is 0 Å². The monoisotopic (exact) mass is 344 g/mol. The Kier molecular flexibility index (Phi) is 4.33. The highest BCUT2D eigenvalue weighted by molar-refractivity contribution is 6.08. The zero-order valence-electron chi connectivity index (χ0n) is 15.4. The van der Waals surface area contributed by atoms with E-state index in [1.807, 2.05) is 26.4 Å². The minimum absolute atomic E-state index is 0.620. The first-order valence-electron chi connectivity index (χ1n) is 9.14. The Balaban J connectivity index is 1.76. The number of likely N-dealkylation sites (tertiary alicyclic amines) is 1. The van der Waals surface area contributed by atoms with Crippen molar-refractivity contribution in [2.24, 2.45) is 0 Å². The highest BCUT2D eigenvalue weighted by Crippen LogP contribution is 2.28. The Labute approximate surface area is 154 Å². The molecule has 0 radical (unpaired) electrons. The Bertz CT molecular complexity index is 938. The number of rotatable bonds is 3. The first-order chi connectivity index (χ1) is 12.6. The van der Waals surface area contributed by atoms with Crippen molar-refractivity contribution in [3.05, 3.63) is 60.3 Å². The summed E-state index contributed by atoms with van der Waals surface area (Å²) in [5.74, 6) is 0.620. The van der Waals surface area contributed by atoms with Gasteiger partial charge in [-0.3, -0.25) is 10.4 Å². The van der Waals surface area contributed by atoms with Crippen molar-refractivity contribution in [2.75, 3.05) is 32.1 Å². The van der Waals surface area contributed by atoms with Crippen LogP contribution in [0.4, 0.5) is 5.69 Å². The average Bonchev–Trinajstić information content (AvgIpc) is 3.21. The lowest BCUT2D eigenvalue weighted by Gasteiger charge is -2.20. The first-order valence-corrected chi connectivity index (χ1v) is 9.14. The summed E-state index contributed by atoms with van der Waals surface area (Å²) < 4.78 is 0. The molecule has 0 unspecified atom stereocenters. The molecule has 0 amide bonds. The normalized spacial score (nSPS) is 14.0. The summed E-state index contributed by atoms with van der Waals surface area (Å²) in [5.41, 5.74) is 5.45. The van der Waals surface area contributed by atoms with Gasteiger partial charge in [-0.15, -0.1) is 0 Å². The third-order valence-corrected chi connectivity index (χ3v) is 5.14. The van der Waals surface area contributed by atoms with Gasteiger partial charge in [-0.1, -0.05) is 18.2 Å². The summed E-state index contributed by atoms with van der Waals surface area (Å²) in [6.45, 7) is 1.96. The molecule has 2 aromatic carbocycles. The van der Waals surface area contributed by atoms with Gasteiger partial charge in [0.2, 0.25) is 0 Å². The molecule has 2 heterocycles. The predicted octanol–water partition coefficient (Wildman–Crippen LogP) is 4.39. The number of benzene rings is 2. The molecule has 1 saturated heterocycles. The molecular formula is C22H24N4. The standard InChI is InChI=1S/C22H24N4/c1-25(2)18-8-5-16(6-9-18)17-7-10-21-20(15-17)19(11-12-24-21)22(23)26-13-3-4-14-26/h5-12,15,23H,3-4,13-14H2,1-2H3. The van der Waals surface area contributed by atoms with E-state index in [0.29, 0.717) is 5.84 Å². The first kappa shape index (κ1) is 16.6. The molecule has 4 nitrogen and oxygen atoms in total. The lowest BCUT2D eigenvalue weighted by molar-refractivity contribution is 0.517. The second kappa shape index (κ2) is 6.79. The van der Waals surface area contributed by atoms with E-state index in [9.17, 15) is 0 Å². The van der Waals surface area contributed by atoms with Crippen LogP contribution >= 0.6 is 0 Å². The van der Waals surface area contributed by atoms with Crippen LogP contribution in [0.15, 0.2) is 54.7 Å². The molecule has 1 aromatic heterocycles. The van der Waals surface area contributed by atoms with E-state index in [1.165, 1.54) is 24.1 Å². The largest absolute Gasteiger partial charge is 0.378 e. The lowest BCUT2D eigenvalue weighted by atomic mass is 10.00. The number of amidine groups is 1. The van der Waals surface area contributed by atoms with Crippen LogP contribution < -0.4 is 4.90 Å². The Morgan fingerprint density at radius 2 is 1.65 bits per heavy atom. The molecule has 26 heavy (non-hydrogen) atoms. The van der Waals surface area contributed by atoms with Crippen LogP contribution in [0.2, 0.25) is 0 Å². The minimum Gasteiger partial charge on any atom is -0.378 e. The number of pyridine rings is 1. The van der Waals surface area contributed by atoms with E-state index in [0.717, 1.165) is 35.1 Å². The van der Waals surface area contributed by atoms with Gasteiger partial charge in [0, 0.05) is 50.0 Å². The fraction of sp³-hybridized carbons (Fsp3) is 0.273. The molecule has 1 aliphatic rings. The zero-order valence-corrected chi connectivity index (χ0v) is 15.4.